The number of carbonyl (C=O) groups excluding carboxylic acids is 2. The summed E-state index contributed by atoms with van der Waals surface area (Å²) < 4.78 is 0. The van der Waals surface area contributed by atoms with Crippen molar-refractivity contribution < 1.29 is 9.59 Å². The van der Waals surface area contributed by atoms with Crippen LogP contribution in [0, 0.1) is 13.8 Å². The lowest BCUT2D eigenvalue weighted by molar-refractivity contribution is -0.143. The normalized spacial score (nSPS) is 21.3. The van der Waals surface area contributed by atoms with Crippen molar-refractivity contribution in [3.05, 3.63) is 29.3 Å². The highest BCUT2D eigenvalue weighted by atomic mass is 16.2. The van der Waals surface area contributed by atoms with E-state index in [1.54, 1.807) is 11.8 Å². The predicted octanol–water partition coefficient (Wildman–Crippen LogP) is 1.96. The molecule has 0 bridgehead atoms. The molecule has 0 aromatic heterocycles. The van der Waals surface area contributed by atoms with E-state index < -0.39 is 0 Å². The summed E-state index contributed by atoms with van der Waals surface area (Å²) in [5.41, 5.74) is 3.89. The van der Waals surface area contributed by atoms with Gasteiger partial charge in [-0.25, -0.2) is 0 Å². The summed E-state index contributed by atoms with van der Waals surface area (Å²) in [5, 5.41) is 0. The maximum atomic E-state index is 12.8. The lowest BCUT2D eigenvalue weighted by Gasteiger charge is -2.39. The maximum Gasteiger partial charge on any atom is 0.245 e. The number of hydrogen-bond acceptors (Lipinski definition) is 3. The molecule has 2 amide bonds. The van der Waals surface area contributed by atoms with E-state index in [4.69, 9.17) is 0 Å². The lowest BCUT2D eigenvalue weighted by Crippen LogP contribution is -2.54. The van der Waals surface area contributed by atoms with Crippen LogP contribution in [0.3, 0.4) is 0 Å². The number of amides is 2. The van der Waals surface area contributed by atoms with E-state index in [0.717, 1.165) is 39.0 Å². The highest BCUT2D eigenvalue weighted by molar-refractivity contribution is 5.87. The van der Waals surface area contributed by atoms with E-state index in [1.807, 2.05) is 4.90 Å². The molecular formula is C19H27N3O2. The number of likely N-dealkylation sites (tertiary alicyclic amines) is 1. The first kappa shape index (κ1) is 16.8. The summed E-state index contributed by atoms with van der Waals surface area (Å²) in [7, 11) is 0. The Morgan fingerprint density at radius 3 is 2.42 bits per heavy atom. The molecule has 0 spiro atoms. The average molecular weight is 329 g/mol. The minimum atomic E-state index is -0.241. The van der Waals surface area contributed by atoms with Crippen molar-refractivity contribution in [1.29, 1.82) is 0 Å². The van der Waals surface area contributed by atoms with Crippen molar-refractivity contribution in [3.8, 4) is 0 Å². The van der Waals surface area contributed by atoms with Crippen LogP contribution in [0.4, 0.5) is 5.69 Å². The Hall–Kier alpha value is -2.04. The van der Waals surface area contributed by atoms with Crippen LogP contribution in [-0.4, -0.2) is 60.4 Å². The Balaban J connectivity index is 1.64. The second-order valence-electron chi connectivity index (χ2n) is 6.90. The lowest BCUT2D eigenvalue weighted by atomic mass is 10.1. The molecule has 5 heteroatoms. The van der Waals surface area contributed by atoms with E-state index >= 15 is 0 Å². The number of rotatable bonds is 2. The minimum Gasteiger partial charge on any atom is -0.368 e. The van der Waals surface area contributed by atoms with Crippen molar-refractivity contribution in [3.63, 3.8) is 0 Å². The van der Waals surface area contributed by atoms with Gasteiger partial charge in [-0.05, 0) is 43.9 Å². The summed E-state index contributed by atoms with van der Waals surface area (Å²) in [6.07, 6.45) is 1.73. The van der Waals surface area contributed by atoms with Gasteiger partial charge in [0.05, 0.1) is 0 Å². The molecule has 0 aliphatic carbocycles. The van der Waals surface area contributed by atoms with Crippen molar-refractivity contribution >= 4 is 17.5 Å². The molecule has 3 rings (SSSR count). The monoisotopic (exact) mass is 329 g/mol. The van der Waals surface area contributed by atoms with Crippen LogP contribution in [0.5, 0.6) is 0 Å². The van der Waals surface area contributed by atoms with Crippen LogP contribution in [0.25, 0.3) is 0 Å². The Morgan fingerprint density at radius 1 is 1.04 bits per heavy atom. The fourth-order valence-corrected chi connectivity index (χ4v) is 3.86. The van der Waals surface area contributed by atoms with Gasteiger partial charge < -0.3 is 14.7 Å². The number of hydrogen-bond donors (Lipinski definition) is 0. The fraction of sp³-hybridized carbons (Fsp3) is 0.579. The molecule has 1 aromatic rings. The smallest absolute Gasteiger partial charge is 0.245 e. The van der Waals surface area contributed by atoms with Gasteiger partial charge in [0.15, 0.2) is 0 Å². The first-order valence-electron chi connectivity index (χ1n) is 8.86. The number of nitrogens with zero attached hydrogens (tertiary/aromatic N) is 3. The third-order valence-electron chi connectivity index (χ3n) is 5.45. The molecule has 1 aromatic carbocycles. The molecule has 2 fully saturated rings. The van der Waals surface area contributed by atoms with Gasteiger partial charge in [0.25, 0.3) is 0 Å². The van der Waals surface area contributed by atoms with E-state index in [1.165, 1.54) is 16.8 Å². The fourth-order valence-electron chi connectivity index (χ4n) is 3.86. The number of anilines is 1. The second kappa shape index (κ2) is 6.83. The van der Waals surface area contributed by atoms with Crippen LogP contribution < -0.4 is 4.90 Å². The Bertz CT molecular complexity index is 635. The number of benzene rings is 1. The molecule has 2 heterocycles. The summed E-state index contributed by atoms with van der Waals surface area (Å²) in [6, 6.07) is 6.15. The van der Waals surface area contributed by atoms with Gasteiger partial charge in [-0.2, -0.15) is 0 Å². The van der Waals surface area contributed by atoms with Crippen LogP contribution in [0.15, 0.2) is 18.2 Å². The quantitative estimate of drug-likeness (QED) is 0.833. The minimum absolute atomic E-state index is 0.0138. The molecule has 130 valence electrons. The number of aryl methyl sites for hydroxylation is 1. The zero-order valence-corrected chi connectivity index (χ0v) is 14.9. The maximum absolute atomic E-state index is 12.8. The van der Waals surface area contributed by atoms with Gasteiger partial charge in [-0.1, -0.05) is 12.1 Å². The molecule has 0 unspecified atom stereocenters. The van der Waals surface area contributed by atoms with E-state index in [-0.39, 0.29) is 17.9 Å². The van der Waals surface area contributed by atoms with Crippen molar-refractivity contribution in [2.24, 2.45) is 0 Å². The van der Waals surface area contributed by atoms with Gasteiger partial charge in [0, 0.05) is 45.3 Å². The summed E-state index contributed by atoms with van der Waals surface area (Å²) in [6.45, 7) is 9.73. The topological polar surface area (TPSA) is 43.9 Å². The number of piperazine rings is 1. The Kier molecular flexibility index (Phi) is 4.78. The first-order valence-corrected chi connectivity index (χ1v) is 8.86. The third kappa shape index (κ3) is 3.12. The third-order valence-corrected chi connectivity index (χ3v) is 5.45. The molecular weight excluding hydrogens is 302 g/mol. The molecule has 5 nitrogen and oxygen atoms in total. The Labute approximate surface area is 144 Å². The number of carbonyl (C=O) groups is 2. The molecule has 2 aliphatic rings. The van der Waals surface area contributed by atoms with Crippen molar-refractivity contribution in [2.45, 2.75) is 39.7 Å². The van der Waals surface area contributed by atoms with Gasteiger partial charge in [-0.15, -0.1) is 0 Å². The molecule has 2 aliphatic heterocycles. The molecule has 1 atom stereocenters. The molecule has 24 heavy (non-hydrogen) atoms. The van der Waals surface area contributed by atoms with Crippen molar-refractivity contribution in [1.82, 2.24) is 9.80 Å². The first-order chi connectivity index (χ1) is 11.5. The van der Waals surface area contributed by atoms with E-state index in [2.05, 4.69) is 36.9 Å². The molecule has 2 saturated heterocycles. The van der Waals surface area contributed by atoms with Crippen molar-refractivity contribution in [2.75, 3.05) is 37.6 Å². The SMILES string of the molecule is CC(=O)N1CCC[C@@H]1C(=O)N1CCN(c2cccc(C)c2C)CC1. The standard InChI is InChI=1S/C19H27N3O2/c1-14-6-4-7-17(15(14)2)20-10-12-21(13-11-20)19(24)18-8-5-9-22(18)16(3)23/h4,6-7,18H,5,8-13H2,1-3H3/t18-/m1/s1. The summed E-state index contributed by atoms with van der Waals surface area (Å²) >= 11 is 0. The van der Waals surface area contributed by atoms with E-state index in [9.17, 15) is 9.59 Å². The second-order valence-corrected chi connectivity index (χ2v) is 6.90. The largest absolute Gasteiger partial charge is 0.368 e. The summed E-state index contributed by atoms with van der Waals surface area (Å²) in [4.78, 5) is 30.5. The Morgan fingerprint density at radius 2 is 1.75 bits per heavy atom. The van der Waals surface area contributed by atoms with E-state index in [0.29, 0.717) is 6.54 Å². The van der Waals surface area contributed by atoms with Crippen LogP contribution in [-0.2, 0) is 9.59 Å². The zero-order chi connectivity index (χ0) is 17.3. The van der Waals surface area contributed by atoms with Gasteiger partial charge in [0.1, 0.15) is 6.04 Å². The molecule has 0 N–H and O–H groups in total. The summed E-state index contributed by atoms with van der Waals surface area (Å²) in [5.74, 6) is 0.142. The molecule has 0 saturated carbocycles. The van der Waals surface area contributed by atoms with Gasteiger partial charge in [0.2, 0.25) is 11.8 Å². The predicted molar refractivity (Wildman–Crippen MR) is 95.1 cm³/mol. The highest BCUT2D eigenvalue weighted by Crippen LogP contribution is 2.25. The zero-order valence-electron chi connectivity index (χ0n) is 14.9. The van der Waals surface area contributed by atoms with Gasteiger partial charge >= 0.3 is 0 Å². The molecule has 0 radical (unpaired) electrons. The average Bonchev–Trinajstić information content (AvgIpc) is 3.07. The highest BCUT2D eigenvalue weighted by Gasteiger charge is 2.36. The van der Waals surface area contributed by atoms with Crippen LogP contribution in [0.1, 0.15) is 30.9 Å². The van der Waals surface area contributed by atoms with Crippen LogP contribution >= 0.6 is 0 Å². The van der Waals surface area contributed by atoms with Crippen LogP contribution in [0.2, 0.25) is 0 Å². The van der Waals surface area contributed by atoms with Gasteiger partial charge in [-0.3, -0.25) is 9.59 Å².